The SMILES string of the molecule is CCCNCc1cc(N2CC(OC)C(OC)C2)ncc1Cl. The summed E-state index contributed by atoms with van der Waals surface area (Å²) in [5, 5.41) is 4.07. The van der Waals surface area contributed by atoms with E-state index in [1.165, 1.54) is 0 Å². The van der Waals surface area contributed by atoms with E-state index < -0.39 is 0 Å². The summed E-state index contributed by atoms with van der Waals surface area (Å²) in [7, 11) is 3.44. The third kappa shape index (κ3) is 4.07. The normalized spacial score (nSPS) is 22.0. The van der Waals surface area contributed by atoms with Gasteiger partial charge in [0.2, 0.25) is 0 Å². The van der Waals surface area contributed by atoms with Crippen LogP contribution in [-0.4, -0.2) is 51.0 Å². The van der Waals surface area contributed by atoms with Crippen molar-refractivity contribution in [3.05, 3.63) is 22.8 Å². The summed E-state index contributed by atoms with van der Waals surface area (Å²) in [6, 6.07) is 2.05. The second-order valence-electron chi connectivity index (χ2n) is 5.26. The van der Waals surface area contributed by atoms with Crippen molar-refractivity contribution in [3.8, 4) is 0 Å². The summed E-state index contributed by atoms with van der Waals surface area (Å²) < 4.78 is 10.9. The predicted octanol–water partition coefficient (Wildman–Crippen LogP) is 2.08. The third-order valence-corrected chi connectivity index (χ3v) is 4.15. The molecule has 2 heterocycles. The van der Waals surface area contributed by atoms with Gasteiger partial charge in [0.25, 0.3) is 0 Å². The number of anilines is 1. The Morgan fingerprint density at radius 1 is 1.33 bits per heavy atom. The number of aromatic nitrogens is 1. The molecule has 2 atom stereocenters. The van der Waals surface area contributed by atoms with Gasteiger partial charge in [-0.1, -0.05) is 18.5 Å². The van der Waals surface area contributed by atoms with Crippen molar-refractivity contribution in [3.63, 3.8) is 0 Å². The summed E-state index contributed by atoms with van der Waals surface area (Å²) in [6.45, 7) is 5.45. The minimum Gasteiger partial charge on any atom is -0.377 e. The molecule has 118 valence electrons. The van der Waals surface area contributed by atoms with E-state index in [0.717, 1.165) is 44.0 Å². The maximum absolute atomic E-state index is 6.22. The van der Waals surface area contributed by atoms with Crippen molar-refractivity contribution in [2.45, 2.75) is 32.1 Å². The van der Waals surface area contributed by atoms with E-state index in [-0.39, 0.29) is 12.2 Å². The third-order valence-electron chi connectivity index (χ3n) is 3.81. The van der Waals surface area contributed by atoms with Gasteiger partial charge in [-0.3, -0.25) is 0 Å². The first-order valence-corrected chi connectivity index (χ1v) is 7.73. The second kappa shape index (κ2) is 7.94. The number of hydrogen-bond donors (Lipinski definition) is 1. The number of nitrogens with one attached hydrogen (secondary N) is 1. The largest absolute Gasteiger partial charge is 0.377 e. The van der Waals surface area contributed by atoms with E-state index in [4.69, 9.17) is 21.1 Å². The number of nitrogens with zero attached hydrogens (tertiary/aromatic N) is 2. The van der Waals surface area contributed by atoms with Crippen LogP contribution in [0.2, 0.25) is 5.02 Å². The van der Waals surface area contributed by atoms with Crippen LogP contribution in [0.3, 0.4) is 0 Å². The Morgan fingerprint density at radius 2 is 2.00 bits per heavy atom. The molecular formula is C15H24ClN3O2. The monoisotopic (exact) mass is 313 g/mol. The zero-order valence-corrected chi connectivity index (χ0v) is 13.7. The molecule has 21 heavy (non-hydrogen) atoms. The smallest absolute Gasteiger partial charge is 0.129 e. The zero-order valence-electron chi connectivity index (χ0n) is 12.9. The first-order valence-electron chi connectivity index (χ1n) is 7.35. The second-order valence-corrected chi connectivity index (χ2v) is 5.67. The lowest BCUT2D eigenvalue weighted by Gasteiger charge is -2.18. The van der Waals surface area contributed by atoms with E-state index in [1.807, 2.05) is 0 Å². The number of pyridine rings is 1. The molecule has 0 aliphatic carbocycles. The first kappa shape index (κ1) is 16.5. The lowest BCUT2D eigenvalue weighted by molar-refractivity contribution is -0.00461. The van der Waals surface area contributed by atoms with Crippen molar-refractivity contribution >= 4 is 17.4 Å². The number of methoxy groups -OCH3 is 2. The Balaban J connectivity index is 2.08. The Hall–Kier alpha value is -0.880. The van der Waals surface area contributed by atoms with Crippen LogP contribution in [0.4, 0.5) is 5.82 Å². The molecule has 1 fully saturated rings. The van der Waals surface area contributed by atoms with E-state index in [2.05, 4.69) is 28.2 Å². The minimum atomic E-state index is 0.0779. The number of halogens is 1. The summed E-state index contributed by atoms with van der Waals surface area (Å²) >= 11 is 6.22. The fourth-order valence-corrected chi connectivity index (χ4v) is 2.73. The van der Waals surface area contributed by atoms with Crippen LogP contribution in [0, 0.1) is 0 Å². The molecule has 1 aliphatic heterocycles. The van der Waals surface area contributed by atoms with E-state index in [1.54, 1.807) is 20.4 Å². The van der Waals surface area contributed by atoms with Crippen LogP contribution in [0.5, 0.6) is 0 Å². The fraction of sp³-hybridized carbons (Fsp3) is 0.667. The van der Waals surface area contributed by atoms with Gasteiger partial charge in [0.15, 0.2) is 0 Å². The van der Waals surface area contributed by atoms with Crippen LogP contribution >= 0.6 is 11.6 Å². The van der Waals surface area contributed by atoms with Gasteiger partial charge < -0.3 is 19.7 Å². The van der Waals surface area contributed by atoms with Gasteiger partial charge in [-0.25, -0.2) is 4.98 Å². The fourth-order valence-electron chi connectivity index (χ4n) is 2.56. The quantitative estimate of drug-likeness (QED) is 0.781. The molecule has 0 radical (unpaired) electrons. The van der Waals surface area contributed by atoms with E-state index >= 15 is 0 Å². The molecule has 1 aromatic heterocycles. The van der Waals surface area contributed by atoms with Gasteiger partial charge in [0.1, 0.15) is 18.0 Å². The molecule has 0 amide bonds. The molecule has 0 saturated carbocycles. The van der Waals surface area contributed by atoms with Crippen LogP contribution in [0.1, 0.15) is 18.9 Å². The van der Waals surface area contributed by atoms with Crippen molar-refractivity contribution in [1.82, 2.24) is 10.3 Å². The maximum atomic E-state index is 6.22. The molecule has 2 rings (SSSR count). The number of rotatable bonds is 7. The average Bonchev–Trinajstić information content (AvgIpc) is 2.92. The predicted molar refractivity (Wildman–Crippen MR) is 85.1 cm³/mol. The van der Waals surface area contributed by atoms with Gasteiger partial charge in [-0.15, -0.1) is 0 Å². The highest BCUT2D eigenvalue weighted by Gasteiger charge is 2.33. The molecule has 5 nitrogen and oxygen atoms in total. The summed E-state index contributed by atoms with van der Waals surface area (Å²) in [4.78, 5) is 6.62. The molecular weight excluding hydrogens is 290 g/mol. The Morgan fingerprint density at radius 3 is 2.57 bits per heavy atom. The van der Waals surface area contributed by atoms with Crippen LogP contribution in [-0.2, 0) is 16.0 Å². The van der Waals surface area contributed by atoms with Crippen LogP contribution < -0.4 is 10.2 Å². The van der Waals surface area contributed by atoms with Crippen molar-refractivity contribution in [1.29, 1.82) is 0 Å². The number of hydrogen-bond acceptors (Lipinski definition) is 5. The van der Waals surface area contributed by atoms with E-state index in [0.29, 0.717) is 5.02 Å². The molecule has 0 aromatic carbocycles. The lowest BCUT2D eigenvalue weighted by Crippen LogP contribution is -2.27. The maximum Gasteiger partial charge on any atom is 0.129 e. The standard InChI is InChI=1S/C15H24ClN3O2/c1-4-5-17-7-11-6-15(18-8-12(11)16)19-9-13(20-2)14(10-19)21-3/h6,8,13-14,17H,4-5,7,9-10H2,1-3H3. The minimum absolute atomic E-state index is 0.0779. The van der Waals surface area contributed by atoms with Gasteiger partial charge in [-0.05, 0) is 24.6 Å². The number of ether oxygens (including phenoxy) is 2. The topological polar surface area (TPSA) is 46.6 Å². The molecule has 1 saturated heterocycles. The lowest BCUT2D eigenvalue weighted by atomic mass is 10.2. The molecule has 0 bridgehead atoms. The van der Waals surface area contributed by atoms with Crippen molar-refractivity contribution in [2.24, 2.45) is 0 Å². The zero-order chi connectivity index (χ0) is 15.2. The van der Waals surface area contributed by atoms with Gasteiger partial charge in [-0.2, -0.15) is 0 Å². The van der Waals surface area contributed by atoms with E-state index in [9.17, 15) is 0 Å². The summed E-state index contributed by atoms with van der Waals surface area (Å²) in [6.07, 6.45) is 2.98. The molecule has 2 unspecified atom stereocenters. The molecule has 1 aromatic rings. The molecule has 1 N–H and O–H groups in total. The average molecular weight is 314 g/mol. The summed E-state index contributed by atoms with van der Waals surface area (Å²) in [5.41, 5.74) is 1.07. The van der Waals surface area contributed by atoms with Crippen LogP contribution in [0.15, 0.2) is 12.3 Å². The molecule has 6 heteroatoms. The van der Waals surface area contributed by atoms with Gasteiger partial charge >= 0.3 is 0 Å². The van der Waals surface area contributed by atoms with Crippen molar-refractivity contribution < 1.29 is 9.47 Å². The van der Waals surface area contributed by atoms with Gasteiger partial charge in [0.05, 0.1) is 5.02 Å². The van der Waals surface area contributed by atoms with Gasteiger partial charge in [0, 0.05) is 40.1 Å². The molecule has 0 spiro atoms. The summed E-state index contributed by atoms with van der Waals surface area (Å²) in [5.74, 6) is 0.925. The first-order chi connectivity index (χ1) is 10.2. The highest BCUT2D eigenvalue weighted by atomic mass is 35.5. The Bertz CT molecular complexity index is 447. The highest BCUT2D eigenvalue weighted by molar-refractivity contribution is 6.31. The Kier molecular flexibility index (Phi) is 6.23. The molecule has 1 aliphatic rings. The Labute approximate surface area is 131 Å². The van der Waals surface area contributed by atoms with Crippen molar-refractivity contribution in [2.75, 3.05) is 38.8 Å². The van der Waals surface area contributed by atoms with Crippen LogP contribution in [0.25, 0.3) is 0 Å². The highest BCUT2D eigenvalue weighted by Crippen LogP contribution is 2.25.